The quantitative estimate of drug-likeness (QED) is 0.487. The smallest absolute Gasteiger partial charge is 0.159 e. The van der Waals surface area contributed by atoms with E-state index >= 15 is 0 Å². The highest BCUT2D eigenvalue weighted by Gasteiger charge is 2.10. The largest absolute Gasteiger partial charge is 0.755 e. The van der Waals surface area contributed by atoms with E-state index in [2.05, 4.69) is 4.72 Å². The van der Waals surface area contributed by atoms with Crippen molar-refractivity contribution in [3.8, 4) is 0 Å². The number of Topliss-reactive ketones (excluding diaryl/α,β-unsaturated/α-hetero) is 1. The normalized spacial score (nSPS) is 12.0. The summed E-state index contributed by atoms with van der Waals surface area (Å²) in [7, 11) is 0. The standard InChI is InChI=1S/C15H13F2NO3S2/c1-9(19)10-2-4-14(18-23(20)21)11(6-10)8-22-15-5-3-12(16)7-13(15)17/h2-7,18H,8H2,1H3,(H,20,21)/p-1. The summed E-state index contributed by atoms with van der Waals surface area (Å²) in [6.07, 6.45) is 0. The SMILES string of the molecule is CC(=O)c1ccc(NS(=O)[O-])c(CSc2ccc(F)cc2F)c1. The number of ketones is 1. The van der Waals surface area contributed by atoms with Gasteiger partial charge in [-0.15, -0.1) is 11.8 Å². The van der Waals surface area contributed by atoms with Crippen LogP contribution in [0.5, 0.6) is 0 Å². The van der Waals surface area contributed by atoms with Gasteiger partial charge in [-0.2, -0.15) is 0 Å². The fourth-order valence-electron chi connectivity index (χ4n) is 1.87. The first-order valence-electron chi connectivity index (χ1n) is 6.44. The van der Waals surface area contributed by atoms with Crippen LogP contribution in [-0.4, -0.2) is 14.5 Å². The molecule has 0 aliphatic carbocycles. The summed E-state index contributed by atoms with van der Waals surface area (Å²) < 4.78 is 50.4. The summed E-state index contributed by atoms with van der Waals surface area (Å²) in [4.78, 5) is 11.7. The summed E-state index contributed by atoms with van der Waals surface area (Å²) in [6.45, 7) is 1.39. The van der Waals surface area contributed by atoms with Crippen LogP contribution in [0.3, 0.4) is 0 Å². The topological polar surface area (TPSA) is 69.2 Å². The maximum Gasteiger partial charge on any atom is 0.159 e. The number of anilines is 1. The molecule has 0 heterocycles. The molecule has 0 amide bonds. The van der Waals surface area contributed by atoms with Crippen molar-refractivity contribution >= 4 is 34.5 Å². The van der Waals surface area contributed by atoms with Crippen LogP contribution in [0.4, 0.5) is 14.5 Å². The molecular formula is C15H12F2NO3S2-. The van der Waals surface area contributed by atoms with Gasteiger partial charge in [-0.25, -0.2) is 8.78 Å². The van der Waals surface area contributed by atoms with Gasteiger partial charge in [0, 0.05) is 39.2 Å². The second-order valence-electron chi connectivity index (χ2n) is 4.63. The van der Waals surface area contributed by atoms with Gasteiger partial charge in [0.05, 0.1) is 0 Å². The average molecular weight is 356 g/mol. The Bertz CT molecular complexity index is 768. The Hall–Kier alpha value is -1.77. The molecule has 0 saturated carbocycles. The second-order valence-corrected chi connectivity index (χ2v) is 6.32. The first kappa shape index (κ1) is 17.6. The molecule has 0 fully saturated rings. The van der Waals surface area contributed by atoms with Gasteiger partial charge in [0.1, 0.15) is 11.6 Å². The maximum atomic E-state index is 13.6. The molecule has 2 aromatic carbocycles. The molecule has 0 aromatic heterocycles. The minimum atomic E-state index is -2.52. The molecule has 0 bridgehead atoms. The zero-order valence-electron chi connectivity index (χ0n) is 12.0. The number of nitrogens with one attached hydrogen (secondary N) is 1. The molecule has 2 rings (SSSR count). The first-order valence-corrected chi connectivity index (χ1v) is 8.50. The van der Waals surface area contributed by atoms with Gasteiger partial charge in [0.15, 0.2) is 5.78 Å². The Kier molecular flexibility index (Phi) is 5.86. The first-order chi connectivity index (χ1) is 10.9. The van der Waals surface area contributed by atoms with Gasteiger partial charge >= 0.3 is 0 Å². The van der Waals surface area contributed by atoms with E-state index in [1.54, 1.807) is 6.07 Å². The minimum Gasteiger partial charge on any atom is -0.755 e. The summed E-state index contributed by atoms with van der Waals surface area (Å²) in [6, 6.07) is 7.76. The van der Waals surface area contributed by atoms with Crippen molar-refractivity contribution in [3.63, 3.8) is 0 Å². The number of hydrogen-bond donors (Lipinski definition) is 1. The predicted octanol–water partition coefficient (Wildman–Crippen LogP) is 3.67. The van der Waals surface area contributed by atoms with Crippen LogP contribution < -0.4 is 4.72 Å². The highest BCUT2D eigenvalue weighted by molar-refractivity contribution is 7.98. The number of halogens is 2. The van der Waals surface area contributed by atoms with Crippen LogP contribution in [-0.2, 0) is 17.0 Å². The van der Waals surface area contributed by atoms with Crippen LogP contribution in [0.2, 0.25) is 0 Å². The van der Waals surface area contributed by atoms with Gasteiger partial charge in [-0.05, 0) is 42.8 Å². The van der Waals surface area contributed by atoms with Crippen LogP contribution in [0.25, 0.3) is 0 Å². The Morgan fingerprint density at radius 3 is 2.61 bits per heavy atom. The predicted molar refractivity (Wildman–Crippen MR) is 84.9 cm³/mol. The molecule has 0 radical (unpaired) electrons. The Morgan fingerprint density at radius 1 is 1.26 bits per heavy atom. The van der Waals surface area contributed by atoms with Gasteiger partial charge in [-0.3, -0.25) is 9.00 Å². The molecule has 23 heavy (non-hydrogen) atoms. The second kappa shape index (κ2) is 7.67. The monoisotopic (exact) mass is 356 g/mol. The van der Waals surface area contributed by atoms with E-state index < -0.39 is 22.9 Å². The molecule has 0 saturated heterocycles. The molecule has 0 aliphatic heterocycles. The third kappa shape index (κ3) is 4.85. The number of rotatable bonds is 6. The van der Waals surface area contributed by atoms with Crippen molar-refractivity contribution in [1.29, 1.82) is 0 Å². The highest BCUT2D eigenvalue weighted by atomic mass is 32.2. The van der Waals surface area contributed by atoms with E-state index in [1.807, 2.05) is 0 Å². The molecular weight excluding hydrogens is 344 g/mol. The van der Waals surface area contributed by atoms with E-state index in [4.69, 9.17) is 0 Å². The summed E-state index contributed by atoms with van der Waals surface area (Å²) >= 11 is -1.44. The van der Waals surface area contributed by atoms with Crippen LogP contribution in [0.15, 0.2) is 41.3 Å². The van der Waals surface area contributed by atoms with Crippen molar-refractivity contribution in [3.05, 3.63) is 59.2 Å². The zero-order chi connectivity index (χ0) is 17.0. The number of thioether (sulfide) groups is 1. The highest BCUT2D eigenvalue weighted by Crippen LogP contribution is 2.30. The fraction of sp³-hybridized carbons (Fsp3) is 0.133. The number of benzene rings is 2. The number of hydrogen-bond acceptors (Lipinski definition) is 4. The van der Waals surface area contributed by atoms with Crippen molar-refractivity contribution in [2.24, 2.45) is 0 Å². The van der Waals surface area contributed by atoms with Gasteiger partial charge in [0.25, 0.3) is 0 Å². The van der Waals surface area contributed by atoms with Crippen LogP contribution >= 0.6 is 11.8 Å². The minimum absolute atomic E-state index is 0.168. The molecule has 4 nitrogen and oxygen atoms in total. The van der Waals surface area contributed by atoms with E-state index in [9.17, 15) is 22.3 Å². The summed E-state index contributed by atoms with van der Waals surface area (Å²) in [5, 5.41) is 0. The average Bonchev–Trinajstić information content (AvgIpc) is 2.46. The number of carbonyl (C=O) groups excluding carboxylic acids is 1. The van der Waals surface area contributed by atoms with Crippen molar-refractivity contribution in [2.75, 3.05) is 4.72 Å². The van der Waals surface area contributed by atoms with E-state index in [0.29, 0.717) is 16.8 Å². The molecule has 0 aliphatic rings. The molecule has 0 spiro atoms. The molecule has 122 valence electrons. The zero-order valence-corrected chi connectivity index (χ0v) is 13.6. The van der Waals surface area contributed by atoms with Crippen LogP contribution in [0, 0.1) is 11.6 Å². The van der Waals surface area contributed by atoms with Gasteiger partial charge in [0.2, 0.25) is 0 Å². The van der Waals surface area contributed by atoms with Crippen molar-refractivity contribution in [2.45, 2.75) is 17.6 Å². The third-order valence-electron chi connectivity index (χ3n) is 2.98. The summed E-state index contributed by atoms with van der Waals surface area (Å²) in [5.74, 6) is -1.32. The summed E-state index contributed by atoms with van der Waals surface area (Å²) in [5.41, 5.74) is 1.25. The van der Waals surface area contributed by atoms with Gasteiger partial charge < -0.3 is 9.27 Å². The van der Waals surface area contributed by atoms with Crippen molar-refractivity contribution in [1.82, 2.24) is 0 Å². The third-order valence-corrected chi connectivity index (χ3v) is 4.47. The van der Waals surface area contributed by atoms with E-state index in [-0.39, 0.29) is 16.4 Å². The lowest BCUT2D eigenvalue weighted by atomic mass is 10.1. The Labute approximate surface area is 138 Å². The molecule has 8 heteroatoms. The van der Waals surface area contributed by atoms with E-state index in [1.165, 1.54) is 25.1 Å². The molecule has 2 aromatic rings. The Balaban J connectivity index is 2.26. The lowest BCUT2D eigenvalue weighted by molar-refractivity contribution is 0.101. The van der Waals surface area contributed by atoms with Crippen LogP contribution in [0.1, 0.15) is 22.8 Å². The lowest BCUT2D eigenvalue weighted by Crippen LogP contribution is -2.06. The van der Waals surface area contributed by atoms with E-state index in [0.717, 1.165) is 23.9 Å². The lowest BCUT2D eigenvalue weighted by Gasteiger charge is -2.14. The number of carbonyl (C=O) groups is 1. The maximum absolute atomic E-state index is 13.6. The van der Waals surface area contributed by atoms with Gasteiger partial charge in [-0.1, -0.05) is 0 Å². The Morgan fingerprint density at radius 2 is 2.00 bits per heavy atom. The fourth-order valence-corrected chi connectivity index (χ4v) is 3.16. The van der Waals surface area contributed by atoms with Crippen molar-refractivity contribution < 1.29 is 22.3 Å². The molecule has 1 N–H and O–H groups in total. The molecule has 1 atom stereocenters. The molecule has 1 unspecified atom stereocenters.